The van der Waals surface area contributed by atoms with Crippen molar-refractivity contribution in [2.45, 2.75) is 44.1 Å². The first-order chi connectivity index (χ1) is 9.82. The third kappa shape index (κ3) is 1.70. The molecule has 2 aliphatic carbocycles. The summed E-state index contributed by atoms with van der Waals surface area (Å²) in [4.78, 5) is 0. The molecule has 2 saturated carbocycles. The quantitative estimate of drug-likeness (QED) is 0.751. The van der Waals surface area contributed by atoms with Crippen LogP contribution in [-0.4, -0.2) is 12.7 Å². The topological polar surface area (TPSA) is 18.5 Å². The Morgan fingerprint density at radius 3 is 2.45 bits per heavy atom. The molecular formula is C18H22O2. The second-order valence-electron chi connectivity index (χ2n) is 6.45. The molecule has 0 radical (unpaired) electrons. The Kier molecular flexibility index (Phi) is 2.80. The van der Waals surface area contributed by atoms with Gasteiger partial charge in [-0.25, -0.2) is 0 Å². The SMILES string of the molecule is COc1ccc2c(c1)OC1(C=C2)C2CCCC1CCC2. The molecule has 20 heavy (non-hydrogen) atoms. The van der Waals surface area contributed by atoms with E-state index in [1.807, 2.05) is 12.1 Å². The summed E-state index contributed by atoms with van der Waals surface area (Å²) in [5, 5.41) is 0. The highest BCUT2D eigenvalue weighted by atomic mass is 16.5. The van der Waals surface area contributed by atoms with Crippen molar-refractivity contribution in [3.8, 4) is 11.5 Å². The molecule has 3 aliphatic rings. The maximum absolute atomic E-state index is 6.60. The average molecular weight is 270 g/mol. The van der Waals surface area contributed by atoms with Crippen LogP contribution in [0.2, 0.25) is 0 Å². The minimum atomic E-state index is -0.0319. The highest BCUT2D eigenvalue weighted by Gasteiger charge is 2.51. The van der Waals surface area contributed by atoms with Crippen LogP contribution in [-0.2, 0) is 0 Å². The van der Waals surface area contributed by atoms with Crippen LogP contribution in [0.4, 0.5) is 0 Å². The van der Waals surface area contributed by atoms with Crippen molar-refractivity contribution in [1.82, 2.24) is 0 Å². The second kappa shape index (κ2) is 4.54. The highest BCUT2D eigenvalue weighted by molar-refractivity contribution is 5.63. The molecular weight excluding hydrogens is 248 g/mol. The summed E-state index contributed by atoms with van der Waals surface area (Å²) in [7, 11) is 1.71. The van der Waals surface area contributed by atoms with Gasteiger partial charge < -0.3 is 9.47 Å². The fraction of sp³-hybridized carbons (Fsp3) is 0.556. The summed E-state index contributed by atoms with van der Waals surface area (Å²) in [5.41, 5.74) is 1.15. The van der Waals surface area contributed by atoms with Gasteiger partial charge in [-0.15, -0.1) is 0 Å². The van der Waals surface area contributed by atoms with E-state index in [-0.39, 0.29) is 5.60 Å². The zero-order valence-corrected chi connectivity index (χ0v) is 12.1. The third-order valence-corrected chi connectivity index (χ3v) is 5.52. The number of rotatable bonds is 1. The number of hydrogen-bond acceptors (Lipinski definition) is 2. The molecule has 1 aromatic carbocycles. The van der Waals surface area contributed by atoms with Crippen molar-refractivity contribution in [1.29, 1.82) is 0 Å². The van der Waals surface area contributed by atoms with Crippen molar-refractivity contribution in [2.75, 3.05) is 7.11 Å². The molecule has 2 nitrogen and oxygen atoms in total. The predicted octanol–water partition coefficient (Wildman–Crippen LogP) is 4.44. The summed E-state index contributed by atoms with van der Waals surface area (Å²) in [6, 6.07) is 6.15. The lowest BCUT2D eigenvalue weighted by atomic mass is 9.60. The molecule has 1 spiro atoms. The van der Waals surface area contributed by atoms with E-state index in [9.17, 15) is 0 Å². The number of ether oxygens (including phenoxy) is 2. The number of methoxy groups -OCH3 is 1. The first-order valence-corrected chi connectivity index (χ1v) is 7.88. The van der Waals surface area contributed by atoms with Crippen molar-refractivity contribution in [2.24, 2.45) is 11.8 Å². The van der Waals surface area contributed by atoms with Crippen LogP contribution in [0.15, 0.2) is 24.3 Å². The summed E-state index contributed by atoms with van der Waals surface area (Å²) >= 11 is 0. The summed E-state index contributed by atoms with van der Waals surface area (Å²) in [6.07, 6.45) is 12.7. The number of hydrogen-bond donors (Lipinski definition) is 0. The molecule has 0 saturated heterocycles. The van der Waals surface area contributed by atoms with Gasteiger partial charge in [-0.05, 0) is 43.9 Å². The van der Waals surface area contributed by atoms with E-state index >= 15 is 0 Å². The summed E-state index contributed by atoms with van der Waals surface area (Å²) < 4.78 is 11.9. The van der Waals surface area contributed by atoms with Crippen LogP contribution < -0.4 is 9.47 Å². The standard InChI is InChI=1S/C18H22O2/c1-19-16-9-8-13-10-11-18(20-17(13)12-16)14-4-2-5-15(18)7-3-6-14/h8-12,14-15H,2-7H2,1H3. The van der Waals surface area contributed by atoms with Crippen LogP contribution in [0.1, 0.15) is 44.1 Å². The Morgan fingerprint density at radius 2 is 1.80 bits per heavy atom. The van der Waals surface area contributed by atoms with Gasteiger partial charge in [0, 0.05) is 23.5 Å². The van der Waals surface area contributed by atoms with E-state index in [1.54, 1.807) is 7.11 Å². The minimum Gasteiger partial charge on any atom is -0.497 e. The Balaban J connectivity index is 1.75. The molecule has 2 heteroatoms. The van der Waals surface area contributed by atoms with Crippen LogP contribution >= 0.6 is 0 Å². The number of fused-ring (bicyclic) bond motifs is 1. The minimum absolute atomic E-state index is 0.0319. The van der Waals surface area contributed by atoms with E-state index in [0.29, 0.717) is 11.8 Å². The monoisotopic (exact) mass is 270 g/mol. The Bertz CT molecular complexity index is 524. The maximum Gasteiger partial charge on any atom is 0.133 e. The summed E-state index contributed by atoms with van der Waals surface area (Å²) in [6.45, 7) is 0. The molecule has 2 fully saturated rings. The lowest BCUT2D eigenvalue weighted by molar-refractivity contribution is -0.0614. The van der Waals surface area contributed by atoms with E-state index < -0.39 is 0 Å². The van der Waals surface area contributed by atoms with Gasteiger partial charge in [0.2, 0.25) is 0 Å². The molecule has 1 aromatic rings. The molecule has 0 unspecified atom stereocenters. The van der Waals surface area contributed by atoms with Gasteiger partial charge in [0.15, 0.2) is 0 Å². The van der Waals surface area contributed by atoms with Crippen molar-refractivity contribution in [3.05, 3.63) is 29.8 Å². The lowest BCUT2D eigenvalue weighted by Gasteiger charge is -2.52. The van der Waals surface area contributed by atoms with E-state index in [1.165, 1.54) is 44.1 Å². The molecule has 0 atom stereocenters. The van der Waals surface area contributed by atoms with E-state index in [2.05, 4.69) is 18.2 Å². The zero-order valence-electron chi connectivity index (χ0n) is 12.1. The van der Waals surface area contributed by atoms with Gasteiger partial charge in [0.1, 0.15) is 17.1 Å². The smallest absolute Gasteiger partial charge is 0.133 e. The van der Waals surface area contributed by atoms with Gasteiger partial charge in [-0.1, -0.05) is 18.9 Å². The van der Waals surface area contributed by atoms with Gasteiger partial charge in [0.25, 0.3) is 0 Å². The van der Waals surface area contributed by atoms with Gasteiger partial charge >= 0.3 is 0 Å². The fourth-order valence-corrected chi connectivity index (χ4v) is 4.50. The largest absolute Gasteiger partial charge is 0.497 e. The van der Waals surface area contributed by atoms with Gasteiger partial charge in [-0.3, -0.25) is 0 Å². The summed E-state index contributed by atoms with van der Waals surface area (Å²) in [5.74, 6) is 3.29. The van der Waals surface area contributed by atoms with Crippen molar-refractivity contribution >= 4 is 6.08 Å². The molecule has 106 valence electrons. The van der Waals surface area contributed by atoms with Gasteiger partial charge in [-0.2, -0.15) is 0 Å². The Hall–Kier alpha value is -1.44. The molecule has 4 rings (SSSR count). The van der Waals surface area contributed by atoms with Crippen LogP contribution in [0, 0.1) is 11.8 Å². The molecule has 0 aromatic heterocycles. The molecule has 0 amide bonds. The molecule has 1 heterocycles. The Labute approximate surface area is 120 Å². The fourth-order valence-electron chi connectivity index (χ4n) is 4.50. The first-order valence-electron chi connectivity index (χ1n) is 7.88. The van der Waals surface area contributed by atoms with Crippen molar-refractivity contribution in [3.63, 3.8) is 0 Å². The van der Waals surface area contributed by atoms with Gasteiger partial charge in [0.05, 0.1) is 7.11 Å². The van der Waals surface area contributed by atoms with Crippen LogP contribution in [0.25, 0.3) is 6.08 Å². The van der Waals surface area contributed by atoms with Crippen LogP contribution in [0.5, 0.6) is 11.5 Å². The maximum atomic E-state index is 6.60. The van der Waals surface area contributed by atoms with Crippen LogP contribution in [0.3, 0.4) is 0 Å². The zero-order chi connectivity index (χ0) is 13.6. The highest BCUT2D eigenvalue weighted by Crippen LogP contribution is 2.52. The Morgan fingerprint density at radius 1 is 1.10 bits per heavy atom. The predicted molar refractivity (Wildman–Crippen MR) is 80.1 cm³/mol. The van der Waals surface area contributed by atoms with E-state index in [4.69, 9.17) is 9.47 Å². The first kappa shape index (κ1) is 12.3. The molecule has 0 N–H and O–H groups in total. The molecule has 1 aliphatic heterocycles. The van der Waals surface area contributed by atoms with E-state index in [0.717, 1.165) is 11.5 Å². The average Bonchev–Trinajstić information content (AvgIpc) is 2.46. The lowest BCUT2D eigenvalue weighted by Crippen LogP contribution is -2.54. The van der Waals surface area contributed by atoms with Crippen molar-refractivity contribution < 1.29 is 9.47 Å². The molecule has 2 bridgehead atoms. The normalized spacial score (nSPS) is 34.5. The third-order valence-electron chi connectivity index (χ3n) is 5.52. The second-order valence-corrected chi connectivity index (χ2v) is 6.45. The number of benzene rings is 1.